The molecule has 0 unspecified atom stereocenters. The van der Waals surface area contributed by atoms with Crippen LogP contribution in [0.3, 0.4) is 0 Å². The van der Waals surface area contributed by atoms with Crippen LogP contribution in [-0.2, 0) is 34.1 Å². The van der Waals surface area contributed by atoms with E-state index >= 15 is 0 Å². The number of ether oxygens (including phenoxy) is 2. The van der Waals surface area contributed by atoms with E-state index in [1.807, 2.05) is 0 Å². The fourth-order valence-corrected chi connectivity index (χ4v) is 4.62. The molecule has 1 aromatic carbocycles. The number of aromatic nitrogens is 4. The van der Waals surface area contributed by atoms with Gasteiger partial charge in [-0.05, 0) is 18.2 Å². The van der Waals surface area contributed by atoms with Gasteiger partial charge in [-0.25, -0.2) is 13.1 Å². The van der Waals surface area contributed by atoms with Crippen molar-refractivity contribution in [3.05, 3.63) is 54.0 Å². The molecule has 4 rings (SSSR count). The lowest BCUT2D eigenvalue weighted by Gasteiger charge is -2.23. The van der Waals surface area contributed by atoms with Crippen molar-refractivity contribution >= 4 is 27.5 Å². The molecule has 12 nitrogen and oxygen atoms in total. The van der Waals surface area contributed by atoms with E-state index in [2.05, 4.69) is 20.8 Å². The first-order valence-corrected chi connectivity index (χ1v) is 14.2. The largest absolute Gasteiger partial charge is 0.493 e. The standard InChI is InChI=1S/C24H27F3N6O6S/c1-40(36,37)14-20(34)30-22-21-19(31-33(22)10-9-32-8-3-7-28-32)12-16(29-23(21)35)6-11-38-17-4-2-5-18(13-17)39-15-24(25,26)27/h2-5,7-8,13,16H,6,9-12,14-15H2,1H3,(H,29,35)(H,30,34)/t16-/m0/s1. The molecule has 0 fully saturated rings. The Balaban J connectivity index is 1.42. The molecule has 2 aromatic heterocycles. The first-order valence-electron chi connectivity index (χ1n) is 12.1. The van der Waals surface area contributed by atoms with Gasteiger partial charge in [-0.1, -0.05) is 6.07 Å². The van der Waals surface area contributed by atoms with Crippen molar-refractivity contribution in [1.82, 2.24) is 24.9 Å². The van der Waals surface area contributed by atoms with Crippen LogP contribution in [0.5, 0.6) is 11.5 Å². The van der Waals surface area contributed by atoms with Crippen LogP contribution in [0.15, 0.2) is 42.7 Å². The van der Waals surface area contributed by atoms with Crippen LogP contribution in [0.2, 0.25) is 0 Å². The van der Waals surface area contributed by atoms with E-state index in [-0.39, 0.29) is 36.3 Å². The third-order valence-electron chi connectivity index (χ3n) is 5.72. The number of hydrogen-bond acceptors (Lipinski definition) is 8. The summed E-state index contributed by atoms with van der Waals surface area (Å²) in [5.74, 6) is -1.63. The number of amides is 2. The lowest BCUT2D eigenvalue weighted by Crippen LogP contribution is -2.42. The monoisotopic (exact) mass is 584 g/mol. The Morgan fingerprint density at radius 2 is 1.95 bits per heavy atom. The van der Waals surface area contributed by atoms with Crippen LogP contribution < -0.4 is 20.1 Å². The smallest absolute Gasteiger partial charge is 0.422 e. The second-order valence-electron chi connectivity index (χ2n) is 9.17. The van der Waals surface area contributed by atoms with E-state index in [1.165, 1.54) is 22.9 Å². The third-order valence-corrected chi connectivity index (χ3v) is 6.51. The molecule has 0 saturated carbocycles. The molecule has 0 saturated heterocycles. The van der Waals surface area contributed by atoms with Crippen LogP contribution in [0.4, 0.5) is 19.0 Å². The zero-order valence-electron chi connectivity index (χ0n) is 21.3. The highest BCUT2D eigenvalue weighted by Gasteiger charge is 2.33. The lowest BCUT2D eigenvalue weighted by molar-refractivity contribution is -0.153. The molecular weight excluding hydrogens is 557 g/mol. The second-order valence-corrected chi connectivity index (χ2v) is 11.3. The van der Waals surface area contributed by atoms with E-state index in [4.69, 9.17) is 9.47 Å². The Morgan fingerprint density at radius 1 is 1.20 bits per heavy atom. The first kappa shape index (κ1) is 28.9. The van der Waals surface area contributed by atoms with E-state index in [0.29, 0.717) is 30.8 Å². The predicted octanol–water partition coefficient (Wildman–Crippen LogP) is 1.83. The number of anilines is 1. The fourth-order valence-electron chi connectivity index (χ4n) is 4.07. The van der Waals surface area contributed by atoms with Crippen LogP contribution >= 0.6 is 0 Å². The maximum Gasteiger partial charge on any atom is 0.422 e. The highest BCUT2D eigenvalue weighted by molar-refractivity contribution is 7.91. The minimum atomic E-state index is -4.46. The SMILES string of the molecule is CS(=O)(=O)CC(=O)Nc1c2c(nn1CCn1cccn1)C[C@H](CCOc1cccc(OCC(F)(F)F)c1)NC2=O. The zero-order chi connectivity index (χ0) is 28.9. The number of rotatable bonds is 12. The summed E-state index contributed by atoms with van der Waals surface area (Å²) < 4.78 is 73.9. The zero-order valence-corrected chi connectivity index (χ0v) is 22.2. The number of fused-ring (bicyclic) bond motifs is 1. The molecule has 0 aliphatic carbocycles. The van der Waals surface area contributed by atoms with Crippen LogP contribution in [0, 0.1) is 0 Å². The third kappa shape index (κ3) is 8.21. The Labute approximate surface area is 227 Å². The van der Waals surface area contributed by atoms with Crippen molar-refractivity contribution in [2.45, 2.75) is 38.1 Å². The van der Waals surface area contributed by atoms with Gasteiger partial charge in [0.1, 0.15) is 28.6 Å². The fraction of sp³-hybridized carbons (Fsp3) is 0.417. The minimum absolute atomic E-state index is 0.0107. The van der Waals surface area contributed by atoms with E-state index in [0.717, 1.165) is 6.26 Å². The van der Waals surface area contributed by atoms with Gasteiger partial charge < -0.3 is 20.1 Å². The molecule has 16 heteroatoms. The number of nitrogens with one attached hydrogen (secondary N) is 2. The summed E-state index contributed by atoms with van der Waals surface area (Å²) in [5, 5.41) is 14.0. The average Bonchev–Trinajstić information content (AvgIpc) is 3.48. The van der Waals surface area contributed by atoms with Gasteiger partial charge in [-0.3, -0.25) is 14.3 Å². The van der Waals surface area contributed by atoms with Crippen molar-refractivity contribution in [2.75, 3.05) is 30.5 Å². The van der Waals surface area contributed by atoms with E-state index < -0.39 is 40.2 Å². The van der Waals surface area contributed by atoms with Crippen LogP contribution in [0.1, 0.15) is 22.5 Å². The number of carbonyl (C=O) groups is 2. The molecule has 3 aromatic rings. The van der Waals surface area contributed by atoms with Crippen molar-refractivity contribution in [2.24, 2.45) is 0 Å². The quantitative estimate of drug-likeness (QED) is 0.328. The number of benzene rings is 1. The summed E-state index contributed by atoms with van der Waals surface area (Å²) in [6.07, 6.45) is 0.484. The molecule has 0 radical (unpaired) electrons. The van der Waals surface area contributed by atoms with Gasteiger partial charge in [0.25, 0.3) is 5.91 Å². The average molecular weight is 585 g/mol. The Bertz CT molecular complexity index is 1460. The molecule has 3 heterocycles. The van der Waals surface area contributed by atoms with Crippen LogP contribution in [0.25, 0.3) is 0 Å². The summed E-state index contributed by atoms with van der Waals surface area (Å²) in [5.41, 5.74) is 0.570. The number of carbonyl (C=O) groups excluding carboxylic acids is 2. The van der Waals surface area contributed by atoms with Gasteiger partial charge in [-0.15, -0.1) is 0 Å². The number of alkyl halides is 3. The highest BCUT2D eigenvalue weighted by Crippen LogP contribution is 2.27. The second kappa shape index (κ2) is 12.0. The maximum absolute atomic E-state index is 13.1. The Morgan fingerprint density at radius 3 is 2.62 bits per heavy atom. The molecule has 216 valence electrons. The molecule has 1 atom stereocenters. The molecule has 2 N–H and O–H groups in total. The summed E-state index contributed by atoms with van der Waals surface area (Å²) in [4.78, 5) is 25.5. The van der Waals surface area contributed by atoms with Crippen molar-refractivity contribution in [3.63, 3.8) is 0 Å². The number of nitrogens with zero attached hydrogens (tertiary/aromatic N) is 4. The van der Waals surface area contributed by atoms with E-state index in [1.54, 1.807) is 29.2 Å². The molecule has 40 heavy (non-hydrogen) atoms. The Hall–Kier alpha value is -4.08. The molecule has 0 spiro atoms. The normalized spacial score (nSPS) is 15.3. The summed E-state index contributed by atoms with van der Waals surface area (Å²) in [7, 11) is -3.60. The van der Waals surface area contributed by atoms with Crippen molar-refractivity contribution in [3.8, 4) is 11.5 Å². The summed E-state index contributed by atoms with van der Waals surface area (Å²) in [6.45, 7) is -0.650. The summed E-state index contributed by atoms with van der Waals surface area (Å²) >= 11 is 0. The number of halogens is 3. The van der Waals surface area contributed by atoms with Gasteiger partial charge in [0.05, 0.1) is 25.4 Å². The topological polar surface area (TPSA) is 146 Å². The van der Waals surface area contributed by atoms with Gasteiger partial charge >= 0.3 is 6.18 Å². The predicted molar refractivity (Wildman–Crippen MR) is 136 cm³/mol. The van der Waals surface area contributed by atoms with Gasteiger partial charge in [0, 0.05) is 43.6 Å². The minimum Gasteiger partial charge on any atom is -0.493 e. The maximum atomic E-state index is 13.1. The van der Waals surface area contributed by atoms with Crippen molar-refractivity contribution < 1.29 is 40.7 Å². The summed E-state index contributed by atoms with van der Waals surface area (Å²) in [6, 6.07) is 7.18. The molecule has 0 bridgehead atoms. The highest BCUT2D eigenvalue weighted by atomic mass is 32.2. The van der Waals surface area contributed by atoms with Crippen molar-refractivity contribution in [1.29, 1.82) is 0 Å². The molecular formula is C24H27F3N6O6S. The number of hydrogen-bond donors (Lipinski definition) is 2. The lowest BCUT2D eigenvalue weighted by atomic mass is 9.99. The van der Waals surface area contributed by atoms with Gasteiger partial charge in [0.15, 0.2) is 16.4 Å². The van der Waals surface area contributed by atoms with Gasteiger partial charge in [0.2, 0.25) is 5.91 Å². The molecule has 2 amide bonds. The first-order chi connectivity index (χ1) is 18.9. The molecule has 1 aliphatic rings. The van der Waals surface area contributed by atoms with E-state index in [9.17, 15) is 31.2 Å². The number of aryl methyl sites for hydroxylation is 2. The Kier molecular flexibility index (Phi) is 8.66. The number of sulfone groups is 1. The molecule has 1 aliphatic heterocycles. The van der Waals surface area contributed by atoms with Crippen LogP contribution in [-0.4, -0.2) is 77.2 Å². The van der Waals surface area contributed by atoms with Gasteiger partial charge in [-0.2, -0.15) is 23.4 Å².